The summed E-state index contributed by atoms with van der Waals surface area (Å²) in [6, 6.07) is 0. The summed E-state index contributed by atoms with van der Waals surface area (Å²) in [5.74, 6) is 0.370. The van der Waals surface area contributed by atoms with Gasteiger partial charge in [0.05, 0.1) is 23.1 Å². The number of amides is 1. The van der Waals surface area contributed by atoms with Crippen molar-refractivity contribution >= 4 is 40.4 Å². The highest BCUT2D eigenvalue weighted by Crippen LogP contribution is 2.29. The third-order valence-electron chi connectivity index (χ3n) is 2.88. The highest BCUT2D eigenvalue weighted by atomic mass is 35.5. The molecule has 18 heavy (non-hydrogen) atoms. The molecule has 0 saturated carbocycles. The largest absolute Gasteiger partial charge is 0.370 e. The van der Waals surface area contributed by atoms with Crippen LogP contribution >= 0.6 is 34.5 Å². The molecule has 1 aromatic rings. The second kappa shape index (κ2) is 5.78. The number of rotatable bonds is 2. The predicted octanol–water partition coefficient (Wildman–Crippen LogP) is 3.18. The zero-order valence-corrected chi connectivity index (χ0v) is 12.6. The summed E-state index contributed by atoms with van der Waals surface area (Å²) in [5, 5.41) is 2.46. The number of hydrogen-bond acceptors (Lipinski definition) is 3. The molecule has 6 heteroatoms. The fourth-order valence-electron chi connectivity index (χ4n) is 2.01. The Morgan fingerprint density at radius 3 is 2.89 bits per heavy atom. The Bertz CT molecular complexity index is 449. The molecule has 1 fully saturated rings. The molecule has 2 heterocycles. The van der Waals surface area contributed by atoms with E-state index in [1.165, 1.54) is 11.3 Å². The number of nitrogens with zero attached hydrogens (tertiary/aromatic N) is 1. The van der Waals surface area contributed by atoms with Crippen LogP contribution in [0.3, 0.4) is 0 Å². The third kappa shape index (κ3) is 2.82. The van der Waals surface area contributed by atoms with Gasteiger partial charge in [0.2, 0.25) is 0 Å². The third-order valence-corrected chi connectivity index (χ3v) is 4.91. The van der Waals surface area contributed by atoms with E-state index in [0.29, 0.717) is 28.9 Å². The van der Waals surface area contributed by atoms with Crippen LogP contribution in [-0.4, -0.2) is 42.0 Å². The van der Waals surface area contributed by atoms with Crippen molar-refractivity contribution in [1.82, 2.24) is 4.90 Å². The van der Waals surface area contributed by atoms with Crippen molar-refractivity contribution in [2.75, 3.05) is 19.0 Å². The van der Waals surface area contributed by atoms with Crippen molar-refractivity contribution in [2.24, 2.45) is 0 Å². The van der Waals surface area contributed by atoms with Gasteiger partial charge in [-0.05, 0) is 24.8 Å². The van der Waals surface area contributed by atoms with Crippen molar-refractivity contribution in [3.05, 3.63) is 20.8 Å². The first-order chi connectivity index (χ1) is 8.52. The first-order valence-electron chi connectivity index (χ1n) is 5.77. The van der Waals surface area contributed by atoms with E-state index < -0.39 is 0 Å². The number of carbonyl (C=O) groups excluding carboxylic acids is 1. The van der Waals surface area contributed by atoms with Gasteiger partial charge >= 0.3 is 0 Å². The van der Waals surface area contributed by atoms with Crippen molar-refractivity contribution in [1.29, 1.82) is 0 Å². The van der Waals surface area contributed by atoms with E-state index in [2.05, 4.69) is 0 Å². The van der Waals surface area contributed by atoms with Gasteiger partial charge in [-0.25, -0.2) is 0 Å². The Labute approximate surface area is 121 Å². The van der Waals surface area contributed by atoms with Crippen molar-refractivity contribution in [2.45, 2.75) is 26.1 Å². The van der Waals surface area contributed by atoms with Crippen LogP contribution in [0.25, 0.3) is 0 Å². The van der Waals surface area contributed by atoms with Crippen molar-refractivity contribution in [3.63, 3.8) is 0 Å². The number of alkyl halides is 1. The summed E-state index contributed by atoms with van der Waals surface area (Å²) >= 11 is 13.3. The molecule has 2 atom stereocenters. The summed E-state index contributed by atoms with van der Waals surface area (Å²) in [4.78, 5) is 14.8. The Morgan fingerprint density at radius 2 is 2.33 bits per heavy atom. The quantitative estimate of drug-likeness (QED) is 0.785. The van der Waals surface area contributed by atoms with E-state index in [-0.39, 0.29) is 18.1 Å². The molecule has 0 N–H and O–H groups in total. The lowest BCUT2D eigenvalue weighted by Gasteiger charge is -2.35. The van der Waals surface area contributed by atoms with E-state index in [9.17, 15) is 4.79 Å². The maximum Gasteiger partial charge on any atom is 0.265 e. The van der Waals surface area contributed by atoms with Gasteiger partial charge < -0.3 is 9.64 Å². The van der Waals surface area contributed by atoms with E-state index in [1.807, 2.05) is 19.2 Å². The van der Waals surface area contributed by atoms with Gasteiger partial charge in [-0.2, -0.15) is 0 Å². The zero-order chi connectivity index (χ0) is 13.3. The fraction of sp³-hybridized carbons (Fsp3) is 0.583. The number of morpholine rings is 1. The van der Waals surface area contributed by atoms with Crippen LogP contribution in [0.5, 0.6) is 0 Å². The van der Waals surface area contributed by atoms with Crippen LogP contribution in [-0.2, 0) is 4.74 Å². The average Bonchev–Trinajstić information content (AvgIpc) is 2.68. The predicted molar refractivity (Wildman–Crippen MR) is 75.0 cm³/mol. The number of thiophene rings is 1. The molecule has 3 nitrogen and oxygen atoms in total. The number of aryl methyl sites for hydroxylation is 1. The average molecular weight is 308 g/mol. The normalized spacial score (nSPS) is 24.3. The number of halogens is 2. The topological polar surface area (TPSA) is 29.5 Å². The van der Waals surface area contributed by atoms with Crippen LogP contribution in [0.2, 0.25) is 5.02 Å². The van der Waals surface area contributed by atoms with Gasteiger partial charge in [0.25, 0.3) is 5.91 Å². The highest BCUT2D eigenvalue weighted by molar-refractivity contribution is 7.13. The van der Waals surface area contributed by atoms with E-state index in [4.69, 9.17) is 27.9 Å². The second-order valence-electron chi connectivity index (χ2n) is 4.49. The SMILES string of the molecule is Cc1csc(C(=O)N2CC(C)OC(CCl)C2)c1Cl. The molecule has 1 amide bonds. The first-order valence-corrected chi connectivity index (χ1v) is 7.56. The maximum absolute atomic E-state index is 12.4. The van der Waals surface area contributed by atoms with Gasteiger partial charge in [0.1, 0.15) is 4.88 Å². The summed E-state index contributed by atoms with van der Waals surface area (Å²) < 4.78 is 5.63. The minimum absolute atomic E-state index is 0.00582. The molecular formula is C12H15Cl2NO2S. The zero-order valence-electron chi connectivity index (χ0n) is 10.3. The monoisotopic (exact) mass is 307 g/mol. The lowest BCUT2D eigenvalue weighted by atomic mass is 10.2. The summed E-state index contributed by atoms with van der Waals surface area (Å²) in [5.41, 5.74) is 0.945. The Balaban J connectivity index is 2.15. The molecular weight excluding hydrogens is 293 g/mol. The Hall–Kier alpha value is -0.290. The van der Waals surface area contributed by atoms with Crippen LogP contribution in [0.1, 0.15) is 22.2 Å². The molecule has 0 aromatic carbocycles. The van der Waals surface area contributed by atoms with Gasteiger partial charge in [-0.1, -0.05) is 11.6 Å². The van der Waals surface area contributed by atoms with Crippen LogP contribution in [0, 0.1) is 6.92 Å². The highest BCUT2D eigenvalue weighted by Gasteiger charge is 2.30. The van der Waals surface area contributed by atoms with Crippen LogP contribution < -0.4 is 0 Å². The molecule has 0 bridgehead atoms. The molecule has 100 valence electrons. The summed E-state index contributed by atoms with van der Waals surface area (Å²) in [7, 11) is 0. The number of carbonyl (C=O) groups is 1. The van der Waals surface area contributed by atoms with E-state index in [1.54, 1.807) is 4.90 Å². The molecule has 2 unspecified atom stereocenters. The Morgan fingerprint density at radius 1 is 1.61 bits per heavy atom. The van der Waals surface area contributed by atoms with Gasteiger partial charge in [-0.3, -0.25) is 4.79 Å². The fourth-order valence-corrected chi connectivity index (χ4v) is 3.42. The van der Waals surface area contributed by atoms with E-state index >= 15 is 0 Å². The van der Waals surface area contributed by atoms with Gasteiger partial charge in [-0.15, -0.1) is 22.9 Å². The summed E-state index contributed by atoms with van der Waals surface area (Å²) in [6.45, 7) is 4.96. The van der Waals surface area contributed by atoms with Crippen molar-refractivity contribution in [3.8, 4) is 0 Å². The standard InChI is InChI=1S/C12H15Cl2NO2S/c1-7-6-18-11(10(7)14)12(16)15-4-8(2)17-9(3-13)5-15/h6,8-9H,3-5H2,1-2H3. The lowest BCUT2D eigenvalue weighted by molar-refractivity contribution is -0.0569. The Kier molecular flexibility index (Phi) is 4.54. The minimum atomic E-state index is -0.0980. The number of hydrogen-bond donors (Lipinski definition) is 0. The van der Waals surface area contributed by atoms with Crippen LogP contribution in [0.15, 0.2) is 5.38 Å². The molecule has 0 spiro atoms. The molecule has 1 aromatic heterocycles. The molecule has 1 aliphatic heterocycles. The number of ether oxygens (including phenoxy) is 1. The smallest absolute Gasteiger partial charge is 0.265 e. The van der Waals surface area contributed by atoms with Gasteiger partial charge in [0, 0.05) is 13.1 Å². The second-order valence-corrected chi connectivity index (χ2v) is 6.06. The molecule has 1 saturated heterocycles. The summed E-state index contributed by atoms with van der Waals surface area (Å²) in [6.07, 6.45) is -0.0921. The maximum atomic E-state index is 12.4. The molecule has 1 aliphatic rings. The lowest BCUT2D eigenvalue weighted by Crippen LogP contribution is -2.49. The van der Waals surface area contributed by atoms with Crippen LogP contribution in [0.4, 0.5) is 0 Å². The molecule has 2 rings (SSSR count). The minimum Gasteiger partial charge on any atom is -0.370 e. The molecule has 0 radical (unpaired) electrons. The van der Waals surface area contributed by atoms with Crippen molar-refractivity contribution < 1.29 is 9.53 Å². The van der Waals surface area contributed by atoms with E-state index in [0.717, 1.165) is 5.56 Å². The molecule has 0 aliphatic carbocycles. The first kappa shape index (κ1) is 14.1. The van der Waals surface area contributed by atoms with Gasteiger partial charge in [0.15, 0.2) is 0 Å².